The second kappa shape index (κ2) is 8.54. The summed E-state index contributed by atoms with van der Waals surface area (Å²) in [6.07, 6.45) is 0. The Morgan fingerprint density at radius 3 is 2.27 bits per heavy atom. The van der Waals surface area contributed by atoms with Crippen molar-refractivity contribution in [3.05, 3.63) is 94.0 Å². The highest BCUT2D eigenvalue weighted by molar-refractivity contribution is 7.92. The molecule has 0 spiro atoms. The summed E-state index contributed by atoms with van der Waals surface area (Å²) in [7, 11) is -2.51. The van der Waals surface area contributed by atoms with Crippen LogP contribution in [0.1, 0.15) is 24.1 Å². The van der Waals surface area contributed by atoms with Gasteiger partial charge in [-0.1, -0.05) is 35.9 Å². The number of nitro benzene ring substituents is 1. The minimum Gasteiger partial charge on any atom is -0.497 e. The van der Waals surface area contributed by atoms with Crippen LogP contribution in [0.15, 0.2) is 77.7 Å². The molecule has 1 atom stereocenters. The number of nitro groups is 1. The van der Waals surface area contributed by atoms with E-state index >= 15 is 0 Å². The molecule has 0 saturated heterocycles. The first-order chi connectivity index (χ1) is 14.2. The van der Waals surface area contributed by atoms with E-state index in [2.05, 4.69) is 0 Å². The summed E-state index contributed by atoms with van der Waals surface area (Å²) in [5.74, 6) is 0.521. The predicted molar refractivity (Wildman–Crippen MR) is 115 cm³/mol. The molecule has 0 aliphatic heterocycles. The molecule has 7 nitrogen and oxygen atoms in total. The van der Waals surface area contributed by atoms with Crippen molar-refractivity contribution in [2.75, 3.05) is 11.4 Å². The monoisotopic (exact) mass is 426 g/mol. The zero-order chi connectivity index (χ0) is 21.9. The molecule has 0 radical (unpaired) electrons. The lowest BCUT2D eigenvalue weighted by molar-refractivity contribution is -0.384. The fourth-order valence-electron chi connectivity index (χ4n) is 3.24. The van der Waals surface area contributed by atoms with Gasteiger partial charge in [0.05, 0.1) is 28.7 Å². The predicted octanol–water partition coefficient (Wildman–Crippen LogP) is 4.87. The molecule has 0 N–H and O–H groups in total. The number of non-ortho nitro benzene ring substituents is 1. The van der Waals surface area contributed by atoms with Gasteiger partial charge >= 0.3 is 0 Å². The van der Waals surface area contributed by atoms with Gasteiger partial charge < -0.3 is 4.74 Å². The van der Waals surface area contributed by atoms with Gasteiger partial charge in [-0.25, -0.2) is 8.42 Å². The molecule has 0 fully saturated rings. The molecule has 156 valence electrons. The summed E-state index contributed by atoms with van der Waals surface area (Å²) in [5.41, 5.74) is 2.09. The van der Waals surface area contributed by atoms with Crippen LogP contribution in [0.5, 0.6) is 5.75 Å². The highest BCUT2D eigenvalue weighted by atomic mass is 32.2. The fourth-order valence-corrected chi connectivity index (χ4v) is 4.87. The largest absolute Gasteiger partial charge is 0.497 e. The lowest BCUT2D eigenvalue weighted by Gasteiger charge is -2.31. The number of ether oxygens (including phenoxy) is 1. The average Bonchev–Trinajstić information content (AvgIpc) is 2.74. The standard InChI is InChI=1S/C22H22N2O5S/c1-16-6-4-7-18(14-16)17(2)23(20-8-5-9-21(15-20)29-3)30(27,28)22-12-10-19(11-13-22)24(25)26/h4-15,17H,1-3H3/t17-/m1/s1. The van der Waals surface area contributed by atoms with Crippen molar-refractivity contribution in [1.82, 2.24) is 0 Å². The summed E-state index contributed by atoms with van der Waals surface area (Å²) in [6, 6.07) is 18.8. The highest BCUT2D eigenvalue weighted by Crippen LogP contribution is 2.35. The first-order valence-corrected chi connectivity index (χ1v) is 10.7. The lowest BCUT2D eigenvalue weighted by atomic mass is 10.1. The van der Waals surface area contributed by atoms with Crippen molar-refractivity contribution < 1.29 is 18.1 Å². The topological polar surface area (TPSA) is 89.8 Å². The van der Waals surface area contributed by atoms with Gasteiger partial charge in [0.15, 0.2) is 0 Å². The molecule has 3 aromatic carbocycles. The summed E-state index contributed by atoms with van der Waals surface area (Å²) in [6.45, 7) is 3.74. The number of nitrogens with zero attached hydrogens (tertiary/aromatic N) is 2. The number of aryl methyl sites for hydroxylation is 1. The molecule has 8 heteroatoms. The van der Waals surface area contributed by atoms with Gasteiger partial charge in [0.2, 0.25) is 0 Å². The number of hydrogen-bond acceptors (Lipinski definition) is 5. The van der Waals surface area contributed by atoms with Crippen LogP contribution in [0.3, 0.4) is 0 Å². The van der Waals surface area contributed by atoms with Crippen LogP contribution in [0.2, 0.25) is 0 Å². The van der Waals surface area contributed by atoms with Crippen molar-refractivity contribution in [3.8, 4) is 5.75 Å². The normalized spacial score (nSPS) is 12.2. The molecule has 0 aliphatic rings. The first-order valence-electron chi connectivity index (χ1n) is 9.23. The molecule has 0 bridgehead atoms. The lowest BCUT2D eigenvalue weighted by Crippen LogP contribution is -2.33. The van der Waals surface area contributed by atoms with E-state index in [1.807, 2.05) is 31.2 Å². The van der Waals surface area contributed by atoms with E-state index < -0.39 is 21.0 Å². The molecule has 3 aromatic rings. The maximum atomic E-state index is 13.6. The van der Waals surface area contributed by atoms with E-state index in [-0.39, 0.29) is 10.6 Å². The Balaban J connectivity index is 2.15. The van der Waals surface area contributed by atoms with E-state index in [1.54, 1.807) is 31.2 Å². The maximum Gasteiger partial charge on any atom is 0.269 e. The molecule has 0 aromatic heterocycles. The van der Waals surface area contributed by atoms with Gasteiger partial charge in [0.25, 0.3) is 15.7 Å². The zero-order valence-electron chi connectivity index (χ0n) is 16.8. The van der Waals surface area contributed by atoms with Gasteiger partial charge in [0, 0.05) is 18.2 Å². The van der Waals surface area contributed by atoms with E-state index in [0.717, 1.165) is 11.1 Å². The Morgan fingerprint density at radius 2 is 1.67 bits per heavy atom. The Kier molecular flexibility index (Phi) is 6.07. The van der Waals surface area contributed by atoms with Gasteiger partial charge in [-0.3, -0.25) is 14.4 Å². The molecule has 3 rings (SSSR count). The van der Waals surface area contributed by atoms with Crippen molar-refractivity contribution in [2.24, 2.45) is 0 Å². The third kappa shape index (κ3) is 4.28. The van der Waals surface area contributed by atoms with Crippen molar-refractivity contribution in [1.29, 1.82) is 0 Å². The van der Waals surface area contributed by atoms with E-state index in [1.165, 1.54) is 35.7 Å². The minimum atomic E-state index is -4.03. The van der Waals surface area contributed by atoms with Gasteiger partial charge in [-0.2, -0.15) is 0 Å². The number of anilines is 1. The van der Waals surface area contributed by atoms with E-state index in [0.29, 0.717) is 11.4 Å². The summed E-state index contributed by atoms with van der Waals surface area (Å²) >= 11 is 0. The Labute approximate surface area is 175 Å². The maximum absolute atomic E-state index is 13.6. The van der Waals surface area contributed by atoms with Crippen LogP contribution in [0.25, 0.3) is 0 Å². The molecule has 0 heterocycles. The van der Waals surface area contributed by atoms with Crippen LogP contribution in [-0.4, -0.2) is 20.5 Å². The van der Waals surface area contributed by atoms with Crippen molar-refractivity contribution in [3.63, 3.8) is 0 Å². The van der Waals surface area contributed by atoms with Crippen molar-refractivity contribution in [2.45, 2.75) is 24.8 Å². The van der Waals surface area contributed by atoms with Gasteiger partial charge in [0.1, 0.15) is 5.75 Å². The second-order valence-electron chi connectivity index (χ2n) is 6.84. The average molecular weight is 426 g/mol. The summed E-state index contributed by atoms with van der Waals surface area (Å²) in [4.78, 5) is 10.3. The van der Waals surface area contributed by atoms with E-state index in [4.69, 9.17) is 4.74 Å². The fraction of sp³-hybridized carbons (Fsp3) is 0.182. The third-order valence-corrected chi connectivity index (χ3v) is 6.70. The number of hydrogen-bond donors (Lipinski definition) is 0. The smallest absolute Gasteiger partial charge is 0.269 e. The second-order valence-corrected chi connectivity index (χ2v) is 8.66. The van der Waals surface area contributed by atoms with Crippen LogP contribution < -0.4 is 9.04 Å². The van der Waals surface area contributed by atoms with Crippen LogP contribution in [0.4, 0.5) is 11.4 Å². The molecule has 0 unspecified atom stereocenters. The minimum absolute atomic E-state index is 0.0320. The third-order valence-electron chi connectivity index (χ3n) is 4.79. The number of rotatable bonds is 7. The molecule has 30 heavy (non-hydrogen) atoms. The number of benzene rings is 3. The van der Waals surface area contributed by atoms with E-state index in [9.17, 15) is 18.5 Å². The Morgan fingerprint density at radius 1 is 1.00 bits per heavy atom. The molecular formula is C22H22N2O5S. The number of sulfonamides is 1. The SMILES string of the molecule is COc1cccc(N([C@H](C)c2cccc(C)c2)S(=O)(=O)c2ccc([N+](=O)[O-])cc2)c1. The van der Waals surface area contributed by atoms with Crippen LogP contribution in [0, 0.1) is 17.0 Å². The number of methoxy groups -OCH3 is 1. The Bertz CT molecular complexity index is 1160. The Hall–Kier alpha value is -3.39. The zero-order valence-corrected chi connectivity index (χ0v) is 17.7. The molecule has 0 saturated carbocycles. The summed E-state index contributed by atoms with van der Waals surface area (Å²) < 4.78 is 33.8. The van der Waals surface area contributed by atoms with Gasteiger partial charge in [-0.05, 0) is 43.7 Å². The highest BCUT2D eigenvalue weighted by Gasteiger charge is 2.31. The summed E-state index contributed by atoms with van der Waals surface area (Å²) in [5, 5.41) is 10.9. The van der Waals surface area contributed by atoms with Crippen LogP contribution in [-0.2, 0) is 10.0 Å². The molecule has 0 amide bonds. The molecule has 0 aliphatic carbocycles. The van der Waals surface area contributed by atoms with Gasteiger partial charge in [-0.15, -0.1) is 0 Å². The quantitative estimate of drug-likeness (QED) is 0.397. The molecular weight excluding hydrogens is 404 g/mol. The van der Waals surface area contributed by atoms with Crippen LogP contribution >= 0.6 is 0 Å². The van der Waals surface area contributed by atoms with Crippen molar-refractivity contribution >= 4 is 21.4 Å². The first kappa shape index (κ1) is 21.3.